The van der Waals surface area contributed by atoms with Gasteiger partial charge in [0.05, 0.1) is 6.61 Å². The number of hydrogen-bond donors (Lipinski definition) is 0. The van der Waals surface area contributed by atoms with E-state index in [1.165, 1.54) is 0 Å². The fraction of sp³-hybridized carbons (Fsp3) is 0.385. The monoisotopic (exact) mass is 348 g/mol. The van der Waals surface area contributed by atoms with Crippen LogP contribution in [0.4, 0.5) is 0 Å². The van der Waals surface area contributed by atoms with E-state index in [-0.39, 0.29) is 24.3 Å². The van der Waals surface area contributed by atoms with Gasteiger partial charge in [0.2, 0.25) is 0 Å². The quantitative estimate of drug-likeness (QED) is 0.448. The third kappa shape index (κ3) is 5.20. The SMILES string of the molecule is CCOC(=O)c1cc(Br)ccc1OC(=O)CCCCl. The second-order valence-corrected chi connectivity index (χ2v) is 4.92. The summed E-state index contributed by atoms with van der Waals surface area (Å²) in [4.78, 5) is 23.3. The number of rotatable bonds is 6. The van der Waals surface area contributed by atoms with E-state index in [2.05, 4.69) is 15.9 Å². The molecule has 1 aromatic rings. The van der Waals surface area contributed by atoms with Crippen molar-refractivity contribution < 1.29 is 19.1 Å². The summed E-state index contributed by atoms with van der Waals surface area (Å²) in [5.41, 5.74) is 0.218. The van der Waals surface area contributed by atoms with Crippen molar-refractivity contribution in [3.8, 4) is 5.75 Å². The number of ether oxygens (including phenoxy) is 2. The number of hydrogen-bond acceptors (Lipinski definition) is 4. The van der Waals surface area contributed by atoms with Crippen LogP contribution in [0, 0.1) is 0 Å². The maximum Gasteiger partial charge on any atom is 0.341 e. The molecule has 4 nitrogen and oxygen atoms in total. The minimum Gasteiger partial charge on any atom is -0.462 e. The summed E-state index contributed by atoms with van der Waals surface area (Å²) < 4.78 is 10.8. The molecule has 0 atom stereocenters. The minimum absolute atomic E-state index is 0.196. The number of esters is 2. The van der Waals surface area contributed by atoms with Crippen LogP contribution >= 0.6 is 27.5 Å². The van der Waals surface area contributed by atoms with Crippen LogP contribution in [0.25, 0.3) is 0 Å². The lowest BCUT2D eigenvalue weighted by molar-refractivity contribution is -0.134. The van der Waals surface area contributed by atoms with Gasteiger partial charge < -0.3 is 9.47 Å². The van der Waals surface area contributed by atoms with Crippen molar-refractivity contribution in [2.75, 3.05) is 12.5 Å². The topological polar surface area (TPSA) is 52.6 Å². The van der Waals surface area contributed by atoms with Crippen molar-refractivity contribution in [1.29, 1.82) is 0 Å². The van der Waals surface area contributed by atoms with Gasteiger partial charge in [-0.05, 0) is 31.5 Å². The summed E-state index contributed by atoms with van der Waals surface area (Å²) in [5.74, 6) is -0.362. The molecule has 1 rings (SSSR count). The zero-order chi connectivity index (χ0) is 14.3. The third-order valence-corrected chi connectivity index (χ3v) is 2.94. The molecule has 104 valence electrons. The smallest absolute Gasteiger partial charge is 0.341 e. The van der Waals surface area contributed by atoms with Gasteiger partial charge in [-0.25, -0.2) is 4.79 Å². The summed E-state index contributed by atoms with van der Waals surface area (Å²) >= 11 is 8.76. The van der Waals surface area contributed by atoms with Crippen molar-refractivity contribution in [3.05, 3.63) is 28.2 Å². The molecule has 0 aliphatic rings. The first-order valence-corrected chi connectivity index (χ1v) is 7.14. The number of benzene rings is 1. The zero-order valence-corrected chi connectivity index (χ0v) is 12.8. The Bertz CT molecular complexity index is 462. The molecular formula is C13H14BrClO4. The first-order chi connectivity index (χ1) is 9.08. The van der Waals surface area contributed by atoms with Crippen LogP contribution in [0.3, 0.4) is 0 Å². The van der Waals surface area contributed by atoms with Crippen molar-refractivity contribution in [3.63, 3.8) is 0 Å². The van der Waals surface area contributed by atoms with Gasteiger partial charge in [0.15, 0.2) is 0 Å². The molecular weight excluding hydrogens is 335 g/mol. The number of alkyl halides is 1. The van der Waals surface area contributed by atoms with Gasteiger partial charge >= 0.3 is 11.9 Å². The highest BCUT2D eigenvalue weighted by molar-refractivity contribution is 9.10. The van der Waals surface area contributed by atoms with E-state index in [4.69, 9.17) is 21.1 Å². The van der Waals surface area contributed by atoms with Gasteiger partial charge in [-0.1, -0.05) is 15.9 Å². The van der Waals surface area contributed by atoms with Crippen LogP contribution in [0.15, 0.2) is 22.7 Å². The highest BCUT2D eigenvalue weighted by Gasteiger charge is 2.16. The van der Waals surface area contributed by atoms with Crippen LogP contribution in [0.1, 0.15) is 30.1 Å². The predicted molar refractivity (Wildman–Crippen MR) is 75.7 cm³/mol. The largest absolute Gasteiger partial charge is 0.462 e. The van der Waals surface area contributed by atoms with Crippen molar-refractivity contribution >= 4 is 39.5 Å². The molecule has 1 aromatic carbocycles. The first kappa shape index (κ1) is 16.0. The molecule has 0 aliphatic carbocycles. The fourth-order valence-corrected chi connectivity index (χ4v) is 1.84. The molecule has 0 saturated carbocycles. The molecule has 19 heavy (non-hydrogen) atoms. The van der Waals surface area contributed by atoms with E-state index in [1.807, 2.05) is 0 Å². The van der Waals surface area contributed by atoms with Crippen LogP contribution in [0.5, 0.6) is 5.75 Å². The Hall–Kier alpha value is -1.07. The van der Waals surface area contributed by atoms with Crippen LogP contribution < -0.4 is 4.74 Å². The minimum atomic E-state index is -0.524. The summed E-state index contributed by atoms with van der Waals surface area (Å²) in [7, 11) is 0. The molecule has 0 heterocycles. The molecule has 0 aliphatic heterocycles. The molecule has 0 aromatic heterocycles. The van der Waals surface area contributed by atoms with E-state index in [0.29, 0.717) is 16.8 Å². The third-order valence-electron chi connectivity index (χ3n) is 2.18. The van der Waals surface area contributed by atoms with Crippen molar-refractivity contribution in [2.45, 2.75) is 19.8 Å². The molecule has 0 fully saturated rings. The van der Waals surface area contributed by atoms with Crippen LogP contribution in [-0.2, 0) is 9.53 Å². The van der Waals surface area contributed by atoms with Gasteiger partial charge in [0.25, 0.3) is 0 Å². The van der Waals surface area contributed by atoms with Gasteiger partial charge in [-0.2, -0.15) is 0 Å². The average molecular weight is 350 g/mol. The van der Waals surface area contributed by atoms with E-state index in [1.54, 1.807) is 25.1 Å². The molecule has 0 unspecified atom stereocenters. The standard InChI is InChI=1S/C13H14BrClO4/c1-2-18-13(17)10-8-9(14)5-6-11(10)19-12(16)4-3-7-15/h5-6,8H,2-4,7H2,1H3. The second kappa shape index (κ2) is 8.17. The first-order valence-electron chi connectivity index (χ1n) is 5.81. The van der Waals surface area contributed by atoms with E-state index in [9.17, 15) is 9.59 Å². The number of halogens is 2. The Balaban J connectivity index is 2.87. The highest BCUT2D eigenvalue weighted by atomic mass is 79.9. The predicted octanol–water partition coefficient (Wildman–Crippen LogP) is 3.55. The Morgan fingerprint density at radius 2 is 2.11 bits per heavy atom. The molecule has 0 amide bonds. The number of carbonyl (C=O) groups is 2. The zero-order valence-electron chi connectivity index (χ0n) is 10.4. The van der Waals surface area contributed by atoms with Crippen molar-refractivity contribution in [2.24, 2.45) is 0 Å². The maximum absolute atomic E-state index is 11.8. The molecule has 0 spiro atoms. The normalized spacial score (nSPS) is 10.1. The molecule has 0 N–H and O–H groups in total. The number of carbonyl (C=O) groups excluding carboxylic acids is 2. The van der Waals surface area contributed by atoms with Crippen LogP contribution in [0.2, 0.25) is 0 Å². The lowest BCUT2D eigenvalue weighted by Gasteiger charge is -2.09. The second-order valence-electron chi connectivity index (χ2n) is 3.63. The van der Waals surface area contributed by atoms with Gasteiger partial charge in [0, 0.05) is 16.8 Å². The molecule has 0 saturated heterocycles. The Morgan fingerprint density at radius 3 is 2.74 bits per heavy atom. The fourth-order valence-electron chi connectivity index (χ4n) is 1.34. The molecule has 0 radical (unpaired) electrons. The molecule has 6 heteroatoms. The lowest BCUT2D eigenvalue weighted by Crippen LogP contribution is -2.12. The summed E-state index contributed by atoms with van der Waals surface area (Å²) in [6, 6.07) is 4.80. The highest BCUT2D eigenvalue weighted by Crippen LogP contribution is 2.24. The lowest BCUT2D eigenvalue weighted by atomic mass is 10.2. The van der Waals surface area contributed by atoms with E-state index in [0.717, 1.165) is 0 Å². The van der Waals surface area contributed by atoms with E-state index >= 15 is 0 Å². The summed E-state index contributed by atoms with van der Waals surface area (Å²) in [5, 5.41) is 0. The van der Waals surface area contributed by atoms with Crippen molar-refractivity contribution in [1.82, 2.24) is 0 Å². The Morgan fingerprint density at radius 1 is 1.37 bits per heavy atom. The van der Waals surface area contributed by atoms with Gasteiger partial charge in [0.1, 0.15) is 11.3 Å². The molecule has 0 bridgehead atoms. The maximum atomic E-state index is 11.8. The average Bonchev–Trinajstić information content (AvgIpc) is 2.38. The summed E-state index contributed by atoms with van der Waals surface area (Å²) in [6.07, 6.45) is 0.744. The Labute approximate surface area is 125 Å². The van der Waals surface area contributed by atoms with Gasteiger partial charge in [-0.3, -0.25) is 4.79 Å². The summed E-state index contributed by atoms with van der Waals surface area (Å²) in [6.45, 7) is 1.97. The van der Waals surface area contributed by atoms with Gasteiger partial charge in [-0.15, -0.1) is 11.6 Å². The van der Waals surface area contributed by atoms with Crippen LogP contribution in [-0.4, -0.2) is 24.4 Å². The Kier molecular flexibility index (Phi) is 6.87. The van der Waals surface area contributed by atoms with E-state index < -0.39 is 11.9 Å².